The van der Waals surface area contributed by atoms with Crippen molar-refractivity contribution in [1.29, 1.82) is 0 Å². The third-order valence-electron chi connectivity index (χ3n) is 3.51. The van der Waals surface area contributed by atoms with Crippen LogP contribution >= 0.6 is 0 Å². The number of hydrogen-bond donors (Lipinski definition) is 2. The molecule has 1 atom stereocenters. The lowest BCUT2D eigenvalue weighted by atomic mass is 9.98. The van der Waals surface area contributed by atoms with Gasteiger partial charge < -0.3 is 10.0 Å². The molecule has 1 amide bonds. The van der Waals surface area contributed by atoms with Crippen molar-refractivity contribution in [2.75, 3.05) is 13.1 Å². The third kappa shape index (κ3) is 2.23. The van der Waals surface area contributed by atoms with Gasteiger partial charge in [-0.1, -0.05) is 0 Å². The molecule has 0 bridgehead atoms. The number of carbonyl (C=O) groups excluding carboxylic acids is 1. The smallest absolute Gasteiger partial charge is 0.308 e. The molecule has 18 heavy (non-hydrogen) atoms. The van der Waals surface area contributed by atoms with E-state index in [-0.39, 0.29) is 12.5 Å². The second kappa shape index (κ2) is 4.80. The van der Waals surface area contributed by atoms with Gasteiger partial charge in [0.25, 0.3) is 5.91 Å². The van der Waals surface area contributed by atoms with Crippen molar-refractivity contribution in [3.63, 3.8) is 0 Å². The lowest BCUT2D eigenvalue weighted by molar-refractivity contribution is -0.143. The number of hydrogen-bond acceptors (Lipinski definition) is 3. The molecule has 1 aliphatic rings. The molecule has 1 aromatic heterocycles. The number of aromatic nitrogens is 2. The van der Waals surface area contributed by atoms with Gasteiger partial charge in [-0.2, -0.15) is 5.10 Å². The SMILES string of the molecule is Cc1[nH]nc(C(=O)N2CCCC(C(=O)O)C2)c1C. The average molecular weight is 251 g/mol. The zero-order valence-electron chi connectivity index (χ0n) is 10.6. The number of carbonyl (C=O) groups is 2. The van der Waals surface area contributed by atoms with Gasteiger partial charge >= 0.3 is 5.97 Å². The van der Waals surface area contributed by atoms with Crippen LogP contribution in [-0.4, -0.2) is 45.2 Å². The number of amides is 1. The molecule has 2 N–H and O–H groups in total. The topological polar surface area (TPSA) is 86.3 Å². The largest absolute Gasteiger partial charge is 0.481 e. The van der Waals surface area contributed by atoms with Gasteiger partial charge in [-0.05, 0) is 26.7 Å². The Bertz CT molecular complexity index is 481. The first kappa shape index (κ1) is 12.6. The van der Waals surface area contributed by atoms with Gasteiger partial charge in [-0.15, -0.1) is 0 Å². The number of aryl methyl sites for hydroxylation is 1. The van der Waals surface area contributed by atoms with E-state index in [0.717, 1.165) is 17.7 Å². The maximum Gasteiger partial charge on any atom is 0.308 e. The van der Waals surface area contributed by atoms with Crippen LogP contribution in [0.2, 0.25) is 0 Å². The molecule has 0 aromatic carbocycles. The van der Waals surface area contributed by atoms with Crippen molar-refractivity contribution < 1.29 is 14.7 Å². The maximum absolute atomic E-state index is 12.3. The number of aromatic amines is 1. The molecular weight excluding hydrogens is 234 g/mol. The second-order valence-corrected chi connectivity index (χ2v) is 4.75. The van der Waals surface area contributed by atoms with Crippen molar-refractivity contribution in [3.05, 3.63) is 17.0 Å². The summed E-state index contributed by atoms with van der Waals surface area (Å²) in [4.78, 5) is 24.8. The first-order valence-electron chi connectivity index (χ1n) is 6.04. The molecule has 1 fully saturated rings. The van der Waals surface area contributed by atoms with E-state index in [0.29, 0.717) is 18.7 Å². The summed E-state index contributed by atoms with van der Waals surface area (Å²) in [6.45, 7) is 4.58. The van der Waals surface area contributed by atoms with Crippen LogP contribution in [0.4, 0.5) is 0 Å². The number of piperidine rings is 1. The van der Waals surface area contributed by atoms with E-state index in [1.165, 1.54) is 0 Å². The third-order valence-corrected chi connectivity index (χ3v) is 3.51. The van der Waals surface area contributed by atoms with E-state index in [4.69, 9.17) is 5.11 Å². The molecule has 1 unspecified atom stereocenters. The molecule has 1 saturated heterocycles. The minimum Gasteiger partial charge on any atom is -0.481 e. The molecule has 0 aliphatic carbocycles. The molecule has 2 rings (SSSR count). The lowest BCUT2D eigenvalue weighted by Crippen LogP contribution is -2.42. The van der Waals surface area contributed by atoms with Gasteiger partial charge in [-0.3, -0.25) is 14.7 Å². The monoisotopic (exact) mass is 251 g/mol. The first-order valence-corrected chi connectivity index (χ1v) is 6.04. The summed E-state index contributed by atoms with van der Waals surface area (Å²) in [5, 5.41) is 15.8. The van der Waals surface area contributed by atoms with Crippen molar-refractivity contribution >= 4 is 11.9 Å². The summed E-state index contributed by atoms with van der Waals surface area (Å²) in [6, 6.07) is 0. The number of rotatable bonds is 2. The summed E-state index contributed by atoms with van der Waals surface area (Å²) in [5.74, 6) is -1.46. The first-order chi connectivity index (χ1) is 8.50. The zero-order valence-corrected chi connectivity index (χ0v) is 10.6. The average Bonchev–Trinajstić information content (AvgIpc) is 2.69. The molecule has 2 heterocycles. The number of carboxylic acid groups (broad SMARTS) is 1. The highest BCUT2D eigenvalue weighted by molar-refractivity contribution is 5.94. The molecule has 0 radical (unpaired) electrons. The minimum absolute atomic E-state index is 0.178. The quantitative estimate of drug-likeness (QED) is 0.819. The summed E-state index contributed by atoms with van der Waals surface area (Å²) in [6.07, 6.45) is 1.36. The fourth-order valence-electron chi connectivity index (χ4n) is 2.21. The van der Waals surface area contributed by atoms with E-state index >= 15 is 0 Å². The molecule has 6 heteroatoms. The van der Waals surface area contributed by atoms with Crippen LogP contribution in [-0.2, 0) is 4.79 Å². The molecule has 98 valence electrons. The van der Waals surface area contributed by atoms with Crippen molar-refractivity contribution in [2.24, 2.45) is 5.92 Å². The number of H-pyrrole nitrogens is 1. The number of nitrogens with one attached hydrogen (secondary N) is 1. The molecule has 1 aromatic rings. The van der Waals surface area contributed by atoms with Crippen LogP contribution in [0.1, 0.15) is 34.6 Å². The Labute approximate surface area is 105 Å². The zero-order chi connectivity index (χ0) is 13.3. The number of aliphatic carboxylic acids is 1. The van der Waals surface area contributed by atoms with Crippen LogP contribution < -0.4 is 0 Å². The predicted octanol–water partition coefficient (Wildman–Crippen LogP) is 0.963. The second-order valence-electron chi connectivity index (χ2n) is 4.75. The van der Waals surface area contributed by atoms with Gasteiger partial charge in [0.2, 0.25) is 0 Å². The summed E-state index contributed by atoms with van der Waals surface area (Å²) >= 11 is 0. The summed E-state index contributed by atoms with van der Waals surface area (Å²) in [7, 11) is 0. The molecule has 6 nitrogen and oxygen atoms in total. The molecular formula is C12H17N3O3. The highest BCUT2D eigenvalue weighted by Crippen LogP contribution is 2.19. The number of nitrogens with zero attached hydrogens (tertiary/aromatic N) is 2. The van der Waals surface area contributed by atoms with Crippen molar-refractivity contribution in [2.45, 2.75) is 26.7 Å². The normalized spacial score (nSPS) is 19.9. The van der Waals surface area contributed by atoms with E-state index in [2.05, 4.69) is 10.2 Å². The van der Waals surface area contributed by atoms with Gasteiger partial charge in [0.1, 0.15) is 0 Å². The van der Waals surface area contributed by atoms with E-state index in [1.807, 2.05) is 13.8 Å². The summed E-state index contributed by atoms with van der Waals surface area (Å²) in [5.41, 5.74) is 2.10. The van der Waals surface area contributed by atoms with E-state index in [1.54, 1.807) is 4.90 Å². The summed E-state index contributed by atoms with van der Waals surface area (Å²) < 4.78 is 0. The number of likely N-dealkylation sites (tertiary alicyclic amines) is 1. The standard InChI is InChI=1S/C12H17N3O3/c1-7-8(2)13-14-10(7)11(16)15-5-3-4-9(6-15)12(17)18/h9H,3-6H2,1-2H3,(H,13,14)(H,17,18). The lowest BCUT2D eigenvalue weighted by Gasteiger charge is -2.30. The Hall–Kier alpha value is -1.85. The van der Waals surface area contributed by atoms with E-state index < -0.39 is 11.9 Å². The fourth-order valence-corrected chi connectivity index (χ4v) is 2.21. The van der Waals surface area contributed by atoms with Crippen molar-refractivity contribution in [3.8, 4) is 0 Å². The van der Waals surface area contributed by atoms with Gasteiger partial charge in [0.05, 0.1) is 5.92 Å². The van der Waals surface area contributed by atoms with Crippen LogP contribution in [0.15, 0.2) is 0 Å². The van der Waals surface area contributed by atoms with Crippen LogP contribution in [0.25, 0.3) is 0 Å². The predicted molar refractivity (Wildman–Crippen MR) is 64.3 cm³/mol. The Morgan fingerprint density at radius 3 is 2.72 bits per heavy atom. The Balaban J connectivity index is 2.14. The maximum atomic E-state index is 12.3. The van der Waals surface area contributed by atoms with Gasteiger partial charge in [-0.25, -0.2) is 0 Å². The van der Waals surface area contributed by atoms with Crippen molar-refractivity contribution in [1.82, 2.24) is 15.1 Å². The van der Waals surface area contributed by atoms with Crippen LogP contribution in [0.5, 0.6) is 0 Å². The Morgan fingerprint density at radius 1 is 1.44 bits per heavy atom. The van der Waals surface area contributed by atoms with Gasteiger partial charge in [0, 0.05) is 24.3 Å². The minimum atomic E-state index is -0.831. The molecule has 1 aliphatic heterocycles. The van der Waals surface area contributed by atoms with Crippen LogP contribution in [0, 0.1) is 19.8 Å². The van der Waals surface area contributed by atoms with E-state index in [9.17, 15) is 9.59 Å². The highest BCUT2D eigenvalue weighted by Gasteiger charge is 2.30. The number of carboxylic acids is 1. The van der Waals surface area contributed by atoms with Gasteiger partial charge in [0.15, 0.2) is 5.69 Å². The fraction of sp³-hybridized carbons (Fsp3) is 0.583. The molecule has 0 spiro atoms. The molecule has 0 saturated carbocycles. The Morgan fingerprint density at radius 2 is 2.17 bits per heavy atom. The van der Waals surface area contributed by atoms with Crippen LogP contribution in [0.3, 0.4) is 0 Å². The highest BCUT2D eigenvalue weighted by atomic mass is 16.4. The Kier molecular flexibility index (Phi) is 3.36.